The average Bonchev–Trinajstić information content (AvgIpc) is 2.48. The van der Waals surface area contributed by atoms with Crippen molar-refractivity contribution in [3.63, 3.8) is 0 Å². The highest BCUT2D eigenvalue weighted by Gasteiger charge is 2.35. The summed E-state index contributed by atoms with van der Waals surface area (Å²) in [5.41, 5.74) is -0.0577. The van der Waals surface area contributed by atoms with Crippen LogP contribution in [0.4, 0.5) is 4.79 Å². The normalized spacial score (nSPS) is 17.8. The van der Waals surface area contributed by atoms with Gasteiger partial charge in [-0.15, -0.1) is 0 Å². The van der Waals surface area contributed by atoms with Crippen LogP contribution in [-0.4, -0.2) is 29.7 Å². The maximum Gasteiger partial charge on any atom is 0.410 e. The second-order valence-corrected chi connectivity index (χ2v) is 5.01. The van der Waals surface area contributed by atoms with E-state index in [0.29, 0.717) is 12.5 Å². The Morgan fingerprint density at radius 3 is 2.57 bits per heavy atom. The molecule has 1 saturated heterocycles. The SMILES string of the molecule is CC(C)CCC(C)(C)N1CCOC1=O. The van der Waals surface area contributed by atoms with Gasteiger partial charge in [-0.05, 0) is 32.6 Å². The van der Waals surface area contributed by atoms with Crippen LogP contribution < -0.4 is 0 Å². The molecule has 1 heterocycles. The van der Waals surface area contributed by atoms with Gasteiger partial charge >= 0.3 is 6.09 Å². The van der Waals surface area contributed by atoms with Crippen molar-refractivity contribution in [1.82, 2.24) is 4.90 Å². The summed E-state index contributed by atoms with van der Waals surface area (Å²) < 4.78 is 4.95. The molecule has 0 bridgehead atoms. The van der Waals surface area contributed by atoms with Gasteiger partial charge in [0.2, 0.25) is 0 Å². The van der Waals surface area contributed by atoms with Crippen LogP contribution in [0.5, 0.6) is 0 Å². The number of carbonyl (C=O) groups excluding carboxylic acids is 1. The molecule has 1 amide bonds. The predicted molar refractivity (Wildman–Crippen MR) is 56.2 cm³/mol. The van der Waals surface area contributed by atoms with E-state index in [1.807, 2.05) is 4.90 Å². The smallest absolute Gasteiger partial charge is 0.410 e. The Morgan fingerprint density at radius 2 is 2.14 bits per heavy atom. The summed E-state index contributed by atoms with van der Waals surface area (Å²) in [6, 6.07) is 0. The highest BCUT2D eigenvalue weighted by atomic mass is 16.6. The second kappa shape index (κ2) is 4.20. The third-order valence-corrected chi connectivity index (χ3v) is 2.83. The lowest BCUT2D eigenvalue weighted by atomic mass is 9.92. The van der Waals surface area contributed by atoms with Crippen LogP contribution in [0.2, 0.25) is 0 Å². The van der Waals surface area contributed by atoms with Crippen molar-refractivity contribution in [2.75, 3.05) is 13.2 Å². The molecule has 0 aromatic rings. The van der Waals surface area contributed by atoms with E-state index < -0.39 is 0 Å². The van der Waals surface area contributed by atoms with E-state index >= 15 is 0 Å². The van der Waals surface area contributed by atoms with Gasteiger partial charge in [0.15, 0.2) is 0 Å². The number of hydrogen-bond donors (Lipinski definition) is 0. The number of carbonyl (C=O) groups is 1. The van der Waals surface area contributed by atoms with E-state index in [9.17, 15) is 4.79 Å². The van der Waals surface area contributed by atoms with Crippen LogP contribution >= 0.6 is 0 Å². The van der Waals surface area contributed by atoms with Crippen molar-refractivity contribution < 1.29 is 9.53 Å². The Morgan fingerprint density at radius 1 is 1.50 bits per heavy atom. The summed E-state index contributed by atoms with van der Waals surface area (Å²) in [7, 11) is 0. The van der Waals surface area contributed by atoms with Gasteiger partial charge in [0.1, 0.15) is 6.61 Å². The Labute approximate surface area is 86.4 Å². The lowest BCUT2D eigenvalue weighted by Crippen LogP contribution is -2.44. The molecular weight excluding hydrogens is 178 g/mol. The summed E-state index contributed by atoms with van der Waals surface area (Å²) >= 11 is 0. The van der Waals surface area contributed by atoms with Crippen molar-refractivity contribution in [2.45, 2.75) is 46.1 Å². The number of cyclic esters (lactones) is 1. The number of nitrogens with zero attached hydrogens (tertiary/aromatic N) is 1. The molecule has 0 unspecified atom stereocenters. The largest absolute Gasteiger partial charge is 0.448 e. The van der Waals surface area contributed by atoms with E-state index in [1.54, 1.807) is 0 Å². The van der Waals surface area contributed by atoms with E-state index in [2.05, 4.69) is 27.7 Å². The summed E-state index contributed by atoms with van der Waals surface area (Å²) in [6.45, 7) is 9.93. The highest BCUT2D eigenvalue weighted by Crippen LogP contribution is 2.25. The topological polar surface area (TPSA) is 29.5 Å². The number of ether oxygens (including phenoxy) is 1. The van der Waals surface area contributed by atoms with E-state index in [4.69, 9.17) is 4.74 Å². The second-order valence-electron chi connectivity index (χ2n) is 5.01. The van der Waals surface area contributed by atoms with Gasteiger partial charge in [-0.3, -0.25) is 4.90 Å². The van der Waals surface area contributed by atoms with Gasteiger partial charge < -0.3 is 4.74 Å². The molecule has 0 aromatic heterocycles. The zero-order valence-corrected chi connectivity index (χ0v) is 9.67. The quantitative estimate of drug-likeness (QED) is 0.696. The monoisotopic (exact) mass is 199 g/mol. The van der Waals surface area contributed by atoms with E-state index in [1.165, 1.54) is 0 Å². The summed E-state index contributed by atoms with van der Waals surface area (Å²) in [5, 5.41) is 0. The Hall–Kier alpha value is -0.730. The van der Waals surface area contributed by atoms with Crippen LogP contribution in [0, 0.1) is 5.92 Å². The molecule has 1 rings (SSSR count). The van der Waals surface area contributed by atoms with Crippen molar-refractivity contribution in [3.05, 3.63) is 0 Å². The van der Waals surface area contributed by atoms with Gasteiger partial charge in [0, 0.05) is 5.54 Å². The summed E-state index contributed by atoms with van der Waals surface area (Å²) in [6.07, 6.45) is 2.04. The molecule has 0 spiro atoms. The first kappa shape index (κ1) is 11.3. The lowest BCUT2D eigenvalue weighted by molar-refractivity contribution is 0.119. The summed E-state index contributed by atoms with van der Waals surface area (Å²) in [4.78, 5) is 13.2. The first-order valence-corrected chi connectivity index (χ1v) is 5.38. The lowest BCUT2D eigenvalue weighted by Gasteiger charge is -2.34. The van der Waals surface area contributed by atoms with Crippen LogP contribution in [0.1, 0.15) is 40.5 Å². The molecular formula is C11H21NO2. The fourth-order valence-electron chi connectivity index (χ4n) is 1.72. The highest BCUT2D eigenvalue weighted by molar-refractivity contribution is 5.70. The third kappa shape index (κ3) is 2.63. The first-order chi connectivity index (χ1) is 6.43. The maximum atomic E-state index is 11.4. The number of amides is 1. The molecule has 0 atom stereocenters. The predicted octanol–water partition coefficient (Wildman–Crippen LogP) is 2.65. The zero-order chi connectivity index (χ0) is 10.8. The number of rotatable bonds is 4. The first-order valence-electron chi connectivity index (χ1n) is 5.38. The molecule has 0 saturated carbocycles. The molecule has 1 aliphatic rings. The van der Waals surface area contributed by atoms with Crippen molar-refractivity contribution in [3.8, 4) is 0 Å². The molecule has 0 N–H and O–H groups in total. The Bertz CT molecular complexity index is 211. The molecule has 1 fully saturated rings. The number of hydrogen-bond acceptors (Lipinski definition) is 2. The molecule has 14 heavy (non-hydrogen) atoms. The fourth-order valence-corrected chi connectivity index (χ4v) is 1.72. The third-order valence-electron chi connectivity index (χ3n) is 2.83. The van der Waals surface area contributed by atoms with E-state index in [-0.39, 0.29) is 11.6 Å². The van der Waals surface area contributed by atoms with Gasteiger partial charge in [-0.25, -0.2) is 4.79 Å². The maximum absolute atomic E-state index is 11.4. The van der Waals surface area contributed by atoms with Gasteiger partial charge in [-0.1, -0.05) is 13.8 Å². The minimum Gasteiger partial charge on any atom is -0.448 e. The van der Waals surface area contributed by atoms with Gasteiger partial charge in [-0.2, -0.15) is 0 Å². The van der Waals surface area contributed by atoms with Crippen molar-refractivity contribution in [1.29, 1.82) is 0 Å². The van der Waals surface area contributed by atoms with Crippen LogP contribution in [0.25, 0.3) is 0 Å². The molecule has 0 radical (unpaired) electrons. The summed E-state index contributed by atoms with van der Waals surface area (Å²) in [5.74, 6) is 0.688. The molecule has 1 aliphatic heterocycles. The van der Waals surface area contributed by atoms with Crippen LogP contribution in [0.15, 0.2) is 0 Å². The minimum absolute atomic E-state index is 0.0577. The minimum atomic E-state index is -0.154. The Kier molecular flexibility index (Phi) is 3.40. The van der Waals surface area contributed by atoms with Crippen LogP contribution in [-0.2, 0) is 4.74 Å². The zero-order valence-electron chi connectivity index (χ0n) is 9.67. The average molecular weight is 199 g/mol. The molecule has 0 aliphatic carbocycles. The van der Waals surface area contributed by atoms with Gasteiger partial charge in [0.25, 0.3) is 0 Å². The molecule has 3 nitrogen and oxygen atoms in total. The Balaban J connectivity index is 2.50. The van der Waals surface area contributed by atoms with Crippen molar-refractivity contribution in [2.24, 2.45) is 5.92 Å². The van der Waals surface area contributed by atoms with Crippen molar-refractivity contribution >= 4 is 6.09 Å². The standard InChI is InChI=1S/C11H21NO2/c1-9(2)5-6-11(3,4)12-7-8-14-10(12)13/h9H,5-8H2,1-4H3. The molecule has 3 heteroatoms. The van der Waals surface area contributed by atoms with E-state index in [0.717, 1.165) is 19.4 Å². The van der Waals surface area contributed by atoms with Gasteiger partial charge in [0.05, 0.1) is 6.54 Å². The fraction of sp³-hybridized carbons (Fsp3) is 0.909. The molecule has 82 valence electrons. The van der Waals surface area contributed by atoms with Crippen LogP contribution in [0.3, 0.4) is 0 Å². The molecule has 0 aromatic carbocycles.